The van der Waals surface area contributed by atoms with Crippen molar-refractivity contribution in [1.29, 1.82) is 0 Å². The Balaban J connectivity index is 1.37. The average Bonchev–Trinajstić information content (AvgIpc) is 3.27. The van der Waals surface area contributed by atoms with Crippen molar-refractivity contribution in [1.82, 2.24) is 19.4 Å². The van der Waals surface area contributed by atoms with Gasteiger partial charge in [0.25, 0.3) is 0 Å². The van der Waals surface area contributed by atoms with Crippen LogP contribution >= 0.6 is 22.9 Å². The highest BCUT2D eigenvalue weighted by molar-refractivity contribution is 7.22. The van der Waals surface area contributed by atoms with Crippen LogP contribution in [0.3, 0.4) is 0 Å². The summed E-state index contributed by atoms with van der Waals surface area (Å²) in [6, 6.07) is 5.86. The van der Waals surface area contributed by atoms with Crippen molar-refractivity contribution in [3.63, 3.8) is 0 Å². The molecule has 0 aliphatic carbocycles. The predicted molar refractivity (Wildman–Crippen MR) is 102 cm³/mol. The van der Waals surface area contributed by atoms with Gasteiger partial charge in [0.05, 0.1) is 10.2 Å². The Morgan fingerprint density at radius 1 is 0.960 bits per heavy atom. The number of piperazine rings is 1. The number of fused-ring (bicyclic) bond motifs is 2. The van der Waals surface area contributed by atoms with Crippen molar-refractivity contribution >= 4 is 49.8 Å². The molecule has 3 aromatic heterocycles. The van der Waals surface area contributed by atoms with Gasteiger partial charge in [-0.15, -0.1) is 0 Å². The van der Waals surface area contributed by atoms with E-state index >= 15 is 0 Å². The molecule has 0 radical (unpaired) electrons. The lowest BCUT2D eigenvalue weighted by Crippen LogP contribution is -2.47. The first-order valence-corrected chi connectivity index (χ1v) is 9.31. The highest BCUT2D eigenvalue weighted by Crippen LogP contribution is 2.31. The molecule has 1 aliphatic rings. The zero-order valence-corrected chi connectivity index (χ0v) is 14.9. The summed E-state index contributed by atoms with van der Waals surface area (Å²) < 4.78 is 3.14. The largest absolute Gasteiger partial charge is 0.350 e. The fourth-order valence-corrected chi connectivity index (χ4v) is 4.49. The molecule has 0 unspecified atom stereocenters. The number of hydrogen-bond donors (Lipinski definition) is 0. The molecule has 6 nitrogen and oxygen atoms in total. The van der Waals surface area contributed by atoms with Gasteiger partial charge >= 0.3 is 0 Å². The first kappa shape index (κ1) is 14.9. The lowest BCUT2D eigenvalue weighted by Gasteiger charge is -2.35. The third kappa shape index (κ3) is 2.60. The van der Waals surface area contributed by atoms with E-state index in [1.54, 1.807) is 11.3 Å². The third-order valence-corrected chi connectivity index (χ3v) is 5.80. The zero-order chi connectivity index (χ0) is 16.8. The maximum Gasteiger partial charge on any atom is 0.186 e. The molecule has 126 valence electrons. The van der Waals surface area contributed by atoms with Gasteiger partial charge < -0.3 is 14.2 Å². The highest BCUT2D eigenvalue weighted by Gasteiger charge is 2.22. The van der Waals surface area contributed by atoms with Gasteiger partial charge in [-0.25, -0.2) is 15.0 Å². The first-order chi connectivity index (χ1) is 12.3. The van der Waals surface area contributed by atoms with Gasteiger partial charge in [-0.05, 0) is 18.2 Å². The van der Waals surface area contributed by atoms with Gasteiger partial charge in [-0.2, -0.15) is 0 Å². The van der Waals surface area contributed by atoms with E-state index in [0.717, 1.165) is 58.0 Å². The van der Waals surface area contributed by atoms with Gasteiger partial charge in [0.1, 0.15) is 0 Å². The average molecular weight is 371 g/mol. The number of hydrogen-bond acceptors (Lipinski definition) is 6. The fraction of sp³-hybridized carbons (Fsp3) is 0.235. The number of anilines is 2. The van der Waals surface area contributed by atoms with E-state index in [1.807, 2.05) is 47.4 Å². The molecule has 0 atom stereocenters. The van der Waals surface area contributed by atoms with E-state index < -0.39 is 0 Å². The quantitative estimate of drug-likeness (QED) is 0.541. The van der Waals surface area contributed by atoms with Crippen molar-refractivity contribution in [2.24, 2.45) is 0 Å². The normalized spacial score (nSPS) is 15.4. The van der Waals surface area contributed by atoms with E-state index in [1.165, 1.54) is 0 Å². The van der Waals surface area contributed by atoms with Gasteiger partial charge in [-0.3, -0.25) is 0 Å². The van der Waals surface area contributed by atoms with Crippen LogP contribution in [0.5, 0.6) is 0 Å². The van der Waals surface area contributed by atoms with Crippen LogP contribution in [-0.2, 0) is 0 Å². The summed E-state index contributed by atoms with van der Waals surface area (Å²) in [5, 5.41) is 1.82. The number of benzene rings is 1. The van der Waals surface area contributed by atoms with Crippen molar-refractivity contribution in [2.75, 3.05) is 36.0 Å². The fourth-order valence-electron chi connectivity index (χ4n) is 3.19. The monoisotopic (exact) mass is 370 g/mol. The molecule has 0 amide bonds. The Hall–Kier alpha value is -2.38. The van der Waals surface area contributed by atoms with Crippen molar-refractivity contribution in [3.8, 4) is 0 Å². The second-order valence-corrected chi connectivity index (χ2v) is 7.44. The summed E-state index contributed by atoms with van der Waals surface area (Å²) in [5.41, 5.74) is 1.92. The Kier molecular flexibility index (Phi) is 3.50. The summed E-state index contributed by atoms with van der Waals surface area (Å²) in [5.74, 6) is 0.947. The summed E-state index contributed by atoms with van der Waals surface area (Å²) in [4.78, 5) is 18.4. The Morgan fingerprint density at radius 2 is 1.72 bits per heavy atom. The molecule has 1 aliphatic heterocycles. The molecule has 0 N–H and O–H groups in total. The number of aromatic nitrogens is 4. The van der Waals surface area contributed by atoms with Gasteiger partial charge in [-0.1, -0.05) is 22.9 Å². The molecular formula is C17H15ClN6S. The highest BCUT2D eigenvalue weighted by atomic mass is 35.5. The van der Waals surface area contributed by atoms with E-state index in [0.29, 0.717) is 0 Å². The Labute approximate surface area is 153 Å². The molecule has 0 spiro atoms. The second-order valence-electron chi connectivity index (χ2n) is 5.99. The minimum absolute atomic E-state index is 0.756. The SMILES string of the molecule is Clc1ccc2nc(N3CCN(c4nccn5ccnc45)CC3)sc2c1. The Morgan fingerprint density at radius 3 is 2.56 bits per heavy atom. The lowest BCUT2D eigenvalue weighted by atomic mass is 10.3. The molecule has 1 saturated heterocycles. The van der Waals surface area contributed by atoms with Crippen LogP contribution < -0.4 is 9.80 Å². The molecule has 0 saturated carbocycles. The maximum absolute atomic E-state index is 6.08. The van der Waals surface area contributed by atoms with Crippen LogP contribution in [0.2, 0.25) is 5.02 Å². The molecule has 4 aromatic rings. The molecule has 5 rings (SSSR count). The standard InChI is InChI=1S/C17H15ClN6S/c18-12-1-2-13-14(11-12)25-17(21-13)24-9-7-23(8-10-24)16-15-19-3-5-22(15)6-4-20-16/h1-6,11H,7-10H2. The van der Waals surface area contributed by atoms with E-state index in [9.17, 15) is 0 Å². The van der Waals surface area contributed by atoms with Gasteiger partial charge in [0.15, 0.2) is 16.6 Å². The van der Waals surface area contributed by atoms with E-state index in [4.69, 9.17) is 16.6 Å². The van der Waals surface area contributed by atoms with Crippen LogP contribution in [-0.4, -0.2) is 45.5 Å². The molecule has 1 fully saturated rings. The van der Waals surface area contributed by atoms with Crippen molar-refractivity contribution in [2.45, 2.75) is 0 Å². The van der Waals surface area contributed by atoms with Crippen molar-refractivity contribution in [3.05, 3.63) is 48.0 Å². The Bertz CT molecular complexity index is 1050. The smallest absolute Gasteiger partial charge is 0.186 e. The number of nitrogens with zero attached hydrogens (tertiary/aromatic N) is 6. The minimum Gasteiger partial charge on any atom is -0.350 e. The number of imidazole rings is 1. The predicted octanol–water partition coefficient (Wildman–Crippen LogP) is 3.32. The summed E-state index contributed by atoms with van der Waals surface area (Å²) in [7, 11) is 0. The molecular weight excluding hydrogens is 356 g/mol. The number of thiazole rings is 1. The van der Waals surface area contributed by atoms with Crippen LogP contribution in [0.4, 0.5) is 10.9 Å². The summed E-state index contributed by atoms with van der Waals surface area (Å²) >= 11 is 7.78. The van der Waals surface area contributed by atoms with E-state index in [-0.39, 0.29) is 0 Å². The topological polar surface area (TPSA) is 49.6 Å². The van der Waals surface area contributed by atoms with Crippen molar-refractivity contribution < 1.29 is 0 Å². The van der Waals surface area contributed by atoms with Crippen LogP contribution in [0, 0.1) is 0 Å². The van der Waals surface area contributed by atoms with Crippen LogP contribution in [0.25, 0.3) is 15.9 Å². The molecule has 8 heteroatoms. The maximum atomic E-state index is 6.08. The summed E-state index contributed by atoms with van der Waals surface area (Å²) in [6.45, 7) is 3.63. The molecule has 25 heavy (non-hydrogen) atoms. The minimum atomic E-state index is 0.756. The first-order valence-electron chi connectivity index (χ1n) is 8.11. The number of rotatable bonds is 2. The second kappa shape index (κ2) is 5.86. The lowest BCUT2D eigenvalue weighted by molar-refractivity contribution is 0.646. The molecule has 1 aromatic carbocycles. The summed E-state index contributed by atoms with van der Waals surface area (Å²) in [6.07, 6.45) is 7.51. The zero-order valence-electron chi connectivity index (χ0n) is 13.3. The number of halogens is 1. The third-order valence-electron chi connectivity index (χ3n) is 4.48. The van der Waals surface area contributed by atoms with Gasteiger partial charge in [0.2, 0.25) is 0 Å². The van der Waals surface area contributed by atoms with Crippen LogP contribution in [0.15, 0.2) is 43.0 Å². The molecule has 0 bridgehead atoms. The van der Waals surface area contributed by atoms with Crippen LogP contribution in [0.1, 0.15) is 0 Å². The van der Waals surface area contributed by atoms with E-state index in [2.05, 4.69) is 19.8 Å². The molecule has 4 heterocycles. The van der Waals surface area contributed by atoms with Gasteiger partial charge in [0, 0.05) is 56.0 Å².